The molecule has 0 saturated carbocycles. The van der Waals surface area contributed by atoms with E-state index in [2.05, 4.69) is 33.2 Å². The van der Waals surface area contributed by atoms with Crippen LogP contribution in [0, 0.1) is 5.92 Å². The van der Waals surface area contributed by atoms with Gasteiger partial charge in [0.25, 0.3) is 0 Å². The maximum absolute atomic E-state index is 12.1. The van der Waals surface area contributed by atoms with Gasteiger partial charge in [-0.2, -0.15) is 0 Å². The zero-order valence-corrected chi connectivity index (χ0v) is 12.6. The molecule has 2 rings (SSSR count). The summed E-state index contributed by atoms with van der Waals surface area (Å²) in [4.78, 5) is 14.3. The minimum Gasteiger partial charge on any atom is -0.326 e. The normalized spacial score (nSPS) is 17.7. The van der Waals surface area contributed by atoms with E-state index in [4.69, 9.17) is 11.6 Å². The van der Waals surface area contributed by atoms with Crippen molar-refractivity contribution in [2.24, 2.45) is 5.92 Å². The highest BCUT2D eigenvalue weighted by Crippen LogP contribution is 2.26. The molecule has 18 heavy (non-hydrogen) atoms. The molecule has 1 aromatic rings. The molecule has 3 nitrogen and oxygen atoms in total. The van der Waals surface area contributed by atoms with E-state index in [0.717, 1.165) is 36.1 Å². The van der Waals surface area contributed by atoms with Crippen LogP contribution in [0.15, 0.2) is 22.7 Å². The molecule has 1 fully saturated rings. The van der Waals surface area contributed by atoms with E-state index in [9.17, 15) is 4.79 Å². The molecule has 0 aromatic heterocycles. The van der Waals surface area contributed by atoms with E-state index in [1.165, 1.54) is 0 Å². The van der Waals surface area contributed by atoms with Crippen LogP contribution in [0.1, 0.15) is 12.8 Å². The van der Waals surface area contributed by atoms with Crippen LogP contribution in [0.5, 0.6) is 0 Å². The molecule has 0 atom stereocenters. The highest BCUT2D eigenvalue weighted by Gasteiger charge is 2.23. The summed E-state index contributed by atoms with van der Waals surface area (Å²) >= 11 is 9.33. The second-order valence-electron chi connectivity index (χ2n) is 4.70. The quantitative estimate of drug-likeness (QED) is 0.901. The Labute approximate surface area is 121 Å². The van der Waals surface area contributed by atoms with Gasteiger partial charge in [-0.05, 0) is 67.1 Å². The number of nitrogens with one attached hydrogen (secondary N) is 1. The Kier molecular flexibility index (Phi) is 4.65. The van der Waals surface area contributed by atoms with Crippen LogP contribution in [-0.4, -0.2) is 30.9 Å². The van der Waals surface area contributed by atoms with Gasteiger partial charge in [-0.15, -0.1) is 0 Å². The van der Waals surface area contributed by atoms with Crippen LogP contribution in [0.25, 0.3) is 0 Å². The molecule has 1 heterocycles. The third-order valence-electron chi connectivity index (χ3n) is 3.28. The summed E-state index contributed by atoms with van der Waals surface area (Å²) in [7, 11) is 2.09. The van der Waals surface area contributed by atoms with Gasteiger partial charge in [0.15, 0.2) is 0 Å². The number of carbonyl (C=O) groups is 1. The number of rotatable bonds is 2. The fraction of sp³-hybridized carbons (Fsp3) is 0.462. The molecule has 1 saturated heterocycles. The van der Waals surface area contributed by atoms with Gasteiger partial charge >= 0.3 is 0 Å². The summed E-state index contributed by atoms with van der Waals surface area (Å²) in [5.41, 5.74) is 0.757. The first-order chi connectivity index (χ1) is 8.56. The minimum atomic E-state index is 0.0986. The first-order valence-electron chi connectivity index (χ1n) is 6.00. The Bertz CT molecular complexity index is 445. The molecule has 1 N–H and O–H groups in total. The maximum Gasteiger partial charge on any atom is 0.227 e. The Morgan fingerprint density at radius 1 is 1.44 bits per heavy atom. The molecular weight excluding hydrogens is 316 g/mol. The second-order valence-corrected chi connectivity index (χ2v) is 5.96. The van der Waals surface area contributed by atoms with Crippen molar-refractivity contribution in [3.8, 4) is 0 Å². The molecule has 0 aliphatic carbocycles. The van der Waals surface area contributed by atoms with E-state index in [1.807, 2.05) is 12.1 Å². The molecule has 1 aromatic carbocycles. The summed E-state index contributed by atoms with van der Waals surface area (Å²) in [6.07, 6.45) is 1.85. The number of halogens is 2. The first kappa shape index (κ1) is 13.8. The van der Waals surface area contributed by atoms with Crippen LogP contribution >= 0.6 is 27.5 Å². The Hall–Kier alpha value is -0.580. The number of carbonyl (C=O) groups excluding carboxylic acids is 1. The number of likely N-dealkylation sites (tertiary alicyclic amines) is 1. The van der Waals surface area contributed by atoms with Crippen molar-refractivity contribution in [3.05, 3.63) is 27.7 Å². The van der Waals surface area contributed by atoms with Crippen LogP contribution < -0.4 is 5.32 Å². The van der Waals surface area contributed by atoms with Gasteiger partial charge < -0.3 is 10.2 Å². The van der Waals surface area contributed by atoms with Gasteiger partial charge in [0.2, 0.25) is 5.91 Å². The van der Waals surface area contributed by atoms with Crippen molar-refractivity contribution in [1.82, 2.24) is 4.90 Å². The molecule has 0 radical (unpaired) electrons. The van der Waals surface area contributed by atoms with Gasteiger partial charge in [-0.1, -0.05) is 11.6 Å². The lowest BCUT2D eigenvalue weighted by Crippen LogP contribution is -2.35. The van der Waals surface area contributed by atoms with Crippen molar-refractivity contribution in [1.29, 1.82) is 0 Å². The Morgan fingerprint density at radius 2 is 2.11 bits per heavy atom. The van der Waals surface area contributed by atoms with Crippen molar-refractivity contribution in [2.75, 3.05) is 25.5 Å². The smallest absolute Gasteiger partial charge is 0.227 e. The Morgan fingerprint density at radius 3 is 2.72 bits per heavy atom. The number of nitrogens with zero attached hydrogens (tertiary/aromatic N) is 1. The summed E-state index contributed by atoms with van der Waals surface area (Å²) in [6.45, 7) is 1.97. The molecule has 5 heteroatoms. The number of hydrogen-bond donors (Lipinski definition) is 1. The van der Waals surface area contributed by atoms with Gasteiger partial charge in [-0.3, -0.25) is 4.79 Å². The predicted molar refractivity (Wildman–Crippen MR) is 78.0 cm³/mol. The molecule has 1 amide bonds. The molecule has 1 aliphatic heterocycles. The molecule has 1 aliphatic rings. The zero-order chi connectivity index (χ0) is 13.1. The average Bonchev–Trinajstić information content (AvgIpc) is 2.34. The van der Waals surface area contributed by atoms with Crippen LogP contribution in [0.3, 0.4) is 0 Å². The fourth-order valence-electron chi connectivity index (χ4n) is 2.09. The van der Waals surface area contributed by atoms with Crippen molar-refractivity contribution in [3.63, 3.8) is 0 Å². The van der Waals surface area contributed by atoms with E-state index >= 15 is 0 Å². The topological polar surface area (TPSA) is 32.3 Å². The van der Waals surface area contributed by atoms with E-state index in [0.29, 0.717) is 5.02 Å². The lowest BCUT2D eigenvalue weighted by molar-refractivity contribution is -0.121. The summed E-state index contributed by atoms with van der Waals surface area (Å²) in [6, 6.07) is 5.45. The SMILES string of the molecule is CN1CCC(C(=O)Nc2ccc(Br)c(Cl)c2)CC1. The second kappa shape index (κ2) is 6.04. The van der Waals surface area contributed by atoms with Crippen LogP contribution in [0.2, 0.25) is 5.02 Å². The first-order valence-corrected chi connectivity index (χ1v) is 7.18. The van der Waals surface area contributed by atoms with Gasteiger partial charge in [0, 0.05) is 16.1 Å². The third-order valence-corrected chi connectivity index (χ3v) is 4.51. The molecule has 98 valence electrons. The summed E-state index contributed by atoms with van der Waals surface area (Å²) in [5, 5.41) is 3.54. The van der Waals surface area contributed by atoms with E-state index < -0.39 is 0 Å². The van der Waals surface area contributed by atoms with Gasteiger partial charge in [0.1, 0.15) is 0 Å². The number of benzene rings is 1. The maximum atomic E-state index is 12.1. The molecule has 0 spiro atoms. The fourth-order valence-corrected chi connectivity index (χ4v) is 2.52. The van der Waals surface area contributed by atoms with Crippen molar-refractivity contribution < 1.29 is 4.79 Å². The van der Waals surface area contributed by atoms with Crippen molar-refractivity contribution in [2.45, 2.75) is 12.8 Å². The van der Waals surface area contributed by atoms with Crippen molar-refractivity contribution >= 4 is 39.1 Å². The van der Waals surface area contributed by atoms with Gasteiger partial charge in [-0.25, -0.2) is 0 Å². The lowest BCUT2D eigenvalue weighted by atomic mass is 9.96. The standard InChI is InChI=1S/C13H16BrClN2O/c1-17-6-4-9(5-7-17)13(18)16-10-2-3-11(14)12(15)8-10/h2-3,8-9H,4-7H2,1H3,(H,16,18). The largest absolute Gasteiger partial charge is 0.326 e. The molecule has 0 bridgehead atoms. The predicted octanol–water partition coefficient (Wildman–Crippen LogP) is 3.38. The number of anilines is 1. The minimum absolute atomic E-state index is 0.0986. The highest BCUT2D eigenvalue weighted by molar-refractivity contribution is 9.10. The average molecular weight is 332 g/mol. The summed E-state index contributed by atoms with van der Waals surface area (Å²) < 4.78 is 0.835. The van der Waals surface area contributed by atoms with E-state index in [-0.39, 0.29) is 11.8 Å². The Balaban J connectivity index is 1.96. The monoisotopic (exact) mass is 330 g/mol. The summed E-state index contributed by atoms with van der Waals surface area (Å²) in [5.74, 6) is 0.213. The van der Waals surface area contributed by atoms with E-state index in [1.54, 1.807) is 6.07 Å². The number of piperidine rings is 1. The highest BCUT2D eigenvalue weighted by atomic mass is 79.9. The molecule has 0 unspecified atom stereocenters. The third kappa shape index (κ3) is 3.46. The van der Waals surface area contributed by atoms with Crippen LogP contribution in [-0.2, 0) is 4.79 Å². The van der Waals surface area contributed by atoms with Gasteiger partial charge in [0.05, 0.1) is 5.02 Å². The number of amides is 1. The zero-order valence-electron chi connectivity index (χ0n) is 10.2. The lowest BCUT2D eigenvalue weighted by Gasteiger charge is -2.28. The molecular formula is C13H16BrClN2O. The van der Waals surface area contributed by atoms with Crippen LogP contribution in [0.4, 0.5) is 5.69 Å². The number of hydrogen-bond acceptors (Lipinski definition) is 2.